The second-order valence-corrected chi connectivity index (χ2v) is 9.02. The van der Waals surface area contributed by atoms with Crippen molar-refractivity contribution in [3.63, 3.8) is 0 Å². The molecule has 5 rings (SSSR count). The zero-order valence-electron chi connectivity index (χ0n) is 17.9. The second-order valence-electron chi connectivity index (χ2n) is 8.03. The summed E-state index contributed by atoms with van der Waals surface area (Å²) in [6.45, 7) is 0. The first-order valence-corrected chi connectivity index (χ1v) is 11.1. The molecule has 0 saturated heterocycles. The third-order valence-electron chi connectivity index (χ3n) is 6.09. The average Bonchev–Trinajstić information content (AvgIpc) is 3.33. The van der Waals surface area contributed by atoms with E-state index in [0.29, 0.717) is 14.8 Å². The minimum absolute atomic E-state index is 0.0000179. The molecule has 4 aromatic rings. The van der Waals surface area contributed by atoms with Crippen LogP contribution in [0.5, 0.6) is 0 Å². The molecule has 1 aliphatic rings. The molecule has 0 radical (unpaired) electrons. The Balaban J connectivity index is 1.76. The van der Waals surface area contributed by atoms with E-state index in [4.69, 9.17) is 0 Å². The fourth-order valence-corrected chi connectivity index (χ4v) is 5.40. The molecule has 180 valence electrons. The number of thiazole rings is 1. The molecule has 0 amide bonds. The van der Waals surface area contributed by atoms with Gasteiger partial charge in [0.15, 0.2) is 0 Å². The first kappa shape index (κ1) is 22.8. The van der Waals surface area contributed by atoms with Crippen molar-refractivity contribution in [1.29, 1.82) is 0 Å². The van der Waals surface area contributed by atoms with E-state index in [1.54, 1.807) is 13.1 Å². The van der Waals surface area contributed by atoms with Crippen LogP contribution < -0.4 is 16.1 Å². The maximum Gasteiger partial charge on any atom is 0.416 e. The van der Waals surface area contributed by atoms with Crippen molar-refractivity contribution < 1.29 is 23.1 Å². The van der Waals surface area contributed by atoms with Crippen LogP contribution in [0.25, 0.3) is 15.9 Å². The lowest BCUT2D eigenvalue weighted by molar-refractivity contribution is -0.138. The van der Waals surface area contributed by atoms with Crippen LogP contribution in [0, 0.1) is 0 Å². The summed E-state index contributed by atoms with van der Waals surface area (Å²) in [6, 6.07) is 6.86. The maximum atomic E-state index is 13.5. The Morgan fingerprint density at radius 1 is 1.17 bits per heavy atom. The third kappa shape index (κ3) is 3.50. The molecule has 9 nitrogen and oxygen atoms in total. The van der Waals surface area contributed by atoms with Crippen LogP contribution in [0.15, 0.2) is 50.8 Å². The van der Waals surface area contributed by atoms with Crippen LogP contribution in [-0.2, 0) is 19.6 Å². The van der Waals surface area contributed by atoms with Gasteiger partial charge in [-0.2, -0.15) is 23.0 Å². The molecular formula is C22H15F3N4O5S. The molecule has 13 heteroatoms. The molecule has 0 saturated carbocycles. The standard InChI is InChI=1S/C22H15F3N4O5S/c1-27-15-7-5-10(9-16(15)35-21(27)34)29-20(33)28(18(30)17(26-29)19(31)32)14-8-6-11-12(14)3-2-4-13(11)22(23,24)25/h2-5,7,9,14H,6,8H2,1H3,(H,31,32)/t14-/m1/s1. The first-order valence-electron chi connectivity index (χ1n) is 10.3. The van der Waals surface area contributed by atoms with Gasteiger partial charge < -0.3 is 9.67 Å². The number of aromatic nitrogens is 4. The van der Waals surface area contributed by atoms with Gasteiger partial charge in [-0.15, -0.1) is 0 Å². The van der Waals surface area contributed by atoms with Crippen LogP contribution in [0.1, 0.15) is 39.6 Å². The van der Waals surface area contributed by atoms with E-state index < -0.39 is 40.7 Å². The Labute approximate surface area is 196 Å². The summed E-state index contributed by atoms with van der Waals surface area (Å²) in [4.78, 5) is 49.9. The van der Waals surface area contributed by atoms with Crippen LogP contribution in [-0.4, -0.2) is 30.0 Å². The quantitative estimate of drug-likeness (QED) is 0.459. The summed E-state index contributed by atoms with van der Waals surface area (Å²) in [6.07, 6.45) is -4.67. The number of aryl methyl sites for hydroxylation is 1. The molecule has 0 unspecified atom stereocenters. The van der Waals surface area contributed by atoms with Gasteiger partial charge in [0.1, 0.15) is 0 Å². The van der Waals surface area contributed by atoms with Crippen molar-refractivity contribution in [2.24, 2.45) is 7.05 Å². The van der Waals surface area contributed by atoms with E-state index in [1.807, 2.05) is 0 Å². The number of hydrogen-bond donors (Lipinski definition) is 1. The number of fused-ring (bicyclic) bond motifs is 2. The predicted octanol–water partition coefficient (Wildman–Crippen LogP) is 2.56. The van der Waals surface area contributed by atoms with Crippen LogP contribution in [0.4, 0.5) is 13.2 Å². The van der Waals surface area contributed by atoms with Crippen molar-refractivity contribution >= 4 is 27.5 Å². The second kappa shape index (κ2) is 7.77. The molecule has 1 atom stereocenters. The smallest absolute Gasteiger partial charge is 0.416 e. The summed E-state index contributed by atoms with van der Waals surface area (Å²) in [5.41, 5.74) is -3.25. The number of aromatic carboxylic acids is 1. The van der Waals surface area contributed by atoms with Gasteiger partial charge in [0.2, 0.25) is 5.69 Å². The van der Waals surface area contributed by atoms with Crippen LogP contribution in [0.3, 0.4) is 0 Å². The van der Waals surface area contributed by atoms with Gasteiger partial charge in [-0.3, -0.25) is 9.59 Å². The molecule has 35 heavy (non-hydrogen) atoms. The molecule has 2 heterocycles. The van der Waals surface area contributed by atoms with Gasteiger partial charge in [-0.1, -0.05) is 23.5 Å². The first-order chi connectivity index (χ1) is 16.5. The SMILES string of the molecule is Cn1c(=O)sc2cc(-n3nc(C(=O)O)c(=O)n([C@@H]4CCc5c4cccc5C(F)(F)F)c3=O)ccc21. The predicted molar refractivity (Wildman–Crippen MR) is 120 cm³/mol. The Morgan fingerprint density at radius 2 is 1.91 bits per heavy atom. The number of alkyl halides is 3. The number of rotatable bonds is 3. The molecule has 2 aromatic heterocycles. The third-order valence-corrected chi connectivity index (χ3v) is 7.08. The summed E-state index contributed by atoms with van der Waals surface area (Å²) in [7, 11) is 1.57. The Hall–Kier alpha value is -4.00. The minimum Gasteiger partial charge on any atom is -0.476 e. The van der Waals surface area contributed by atoms with Gasteiger partial charge in [0.25, 0.3) is 5.56 Å². The van der Waals surface area contributed by atoms with E-state index in [0.717, 1.165) is 22.1 Å². The molecule has 0 spiro atoms. The van der Waals surface area contributed by atoms with Crippen molar-refractivity contribution in [2.45, 2.75) is 25.1 Å². The Morgan fingerprint density at radius 3 is 2.60 bits per heavy atom. The highest BCUT2D eigenvalue weighted by Crippen LogP contribution is 2.41. The lowest BCUT2D eigenvalue weighted by Gasteiger charge is -2.18. The van der Waals surface area contributed by atoms with Gasteiger partial charge in [0, 0.05) is 7.05 Å². The molecular weight excluding hydrogens is 489 g/mol. The van der Waals surface area contributed by atoms with E-state index in [1.165, 1.54) is 28.8 Å². The van der Waals surface area contributed by atoms with Crippen molar-refractivity contribution in [3.8, 4) is 5.69 Å². The largest absolute Gasteiger partial charge is 0.476 e. The zero-order chi connectivity index (χ0) is 25.2. The highest BCUT2D eigenvalue weighted by Gasteiger charge is 2.38. The van der Waals surface area contributed by atoms with E-state index in [-0.39, 0.29) is 34.5 Å². The monoisotopic (exact) mass is 504 g/mol. The maximum absolute atomic E-state index is 13.5. The number of hydrogen-bond acceptors (Lipinski definition) is 6. The number of benzene rings is 2. The van der Waals surface area contributed by atoms with E-state index in [9.17, 15) is 37.5 Å². The van der Waals surface area contributed by atoms with Gasteiger partial charge in [-0.05, 0) is 48.2 Å². The molecule has 1 aliphatic carbocycles. The van der Waals surface area contributed by atoms with Crippen molar-refractivity contribution in [2.75, 3.05) is 0 Å². The molecule has 0 fully saturated rings. The average molecular weight is 504 g/mol. The lowest BCUT2D eigenvalue weighted by Crippen LogP contribution is -2.45. The van der Waals surface area contributed by atoms with Gasteiger partial charge >= 0.3 is 22.7 Å². The molecule has 2 aromatic carbocycles. The minimum atomic E-state index is -4.62. The summed E-state index contributed by atoms with van der Waals surface area (Å²) in [5, 5.41) is 13.3. The topological polar surface area (TPSA) is 116 Å². The number of carbonyl (C=O) groups is 1. The van der Waals surface area contributed by atoms with Crippen molar-refractivity contribution in [3.05, 3.63) is 89.3 Å². The summed E-state index contributed by atoms with van der Waals surface area (Å²) in [5.74, 6) is -1.69. The highest BCUT2D eigenvalue weighted by atomic mass is 32.1. The van der Waals surface area contributed by atoms with E-state index in [2.05, 4.69) is 5.10 Å². The van der Waals surface area contributed by atoms with Gasteiger partial charge in [-0.25, -0.2) is 14.2 Å². The number of nitrogens with zero attached hydrogens (tertiary/aromatic N) is 4. The molecule has 1 N–H and O–H groups in total. The fourth-order valence-electron chi connectivity index (χ4n) is 4.49. The van der Waals surface area contributed by atoms with Gasteiger partial charge in [0.05, 0.1) is 27.5 Å². The Kier molecular flexibility index (Phi) is 5.05. The molecule has 0 bridgehead atoms. The molecule has 0 aliphatic heterocycles. The number of carboxylic acid groups (broad SMARTS) is 1. The lowest BCUT2D eigenvalue weighted by atomic mass is 10.0. The van der Waals surface area contributed by atoms with Crippen LogP contribution >= 0.6 is 11.3 Å². The summed E-state index contributed by atoms with van der Waals surface area (Å²) >= 11 is 0.904. The fraction of sp³-hybridized carbons (Fsp3) is 0.227. The highest BCUT2D eigenvalue weighted by molar-refractivity contribution is 7.16. The number of carboxylic acids is 1. The summed E-state index contributed by atoms with van der Waals surface area (Å²) < 4.78 is 43.8. The normalized spacial score (nSPS) is 15.5. The van der Waals surface area contributed by atoms with Crippen LogP contribution in [0.2, 0.25) is 0 Å². The Bertz CT molecular complexity index is 1710. The van der Waals surface area contributed by atoms with Crippen molar-refractivity contribution in [1.82, 2.24) is 18.9 Å². The van der Waals surface area contributed by atoms with E-state index >= 15 is 0 Å². The zero-order valence-corrected chi connectivity index (χ0v) is 18.7. The number of halogens is 3.